The van der Waals surface area contributed by atoms with Crippen LogP contribution < -0.4 is 0 Å². The van der Waals surface area contributed by atoms with Gasteiger partial charge in [0.15, 0.2) is 0 Å². The molecule has 0 N–H and O–H groups in total. The lowest BCUT2D eigenvalue weighted by Crippen LogP contribution is -2.43. The summed E-state index contributed by atoms with van der Waals surface area (Å²) in [7, 11) is -3.69. The highest BCUT2D eigenvalue weighted by Crippen LogP contribution is 2.33. The van der Waals surface area contributed by atoms with E-state index in [2.05, 4.69) is 0 Å². The number of carbonyl (C=O) groups excluding carboxylic acids is 1. The predicted molar refractivity (Wildman–Crippen MR) is 93.8 cm³/mol. The van der Waals surface area contributed by atoms with Crippen LogP contribution in [0.15, 0.2) is 23.1 Å². The first-order valence-electron chi connectivity index (χ1n) is 8.14. The van der Waals surface area contributed by atoms with Gasteiger partial charge in [-0.3, -0.25) is 4.79 Å². The van der Waals surface area contributed by atoms with Crippen LogP contribution in [0.4, 0.5) is 0 Å². The van der Waals surface area contributed by atoms with Gasteiger partial charge in [0.05, 0.1) is 10.0 Å². The largest absolute Gasteiger partial charge is 0.342 e. The van der Waals surface area contributed by atoms with E-state index < -0.39 is 10.0 Å². The van der Waals surface area contributed by atoms with E-state index in [1.165, 1.54) is 10.4 Å². The fourth-order valence-corrected chi connectivity index (χ4v) is 5.57. The van der Waals surface area contributed by atoms with Gasteiger partial charge in [0.25, 0.3) is 0 Å². The van der Waals surface area contributed by atoms with Crippen molar-refractivity contribution in [3.05, 3.63) is 28.2 Å². The lowest BCUT2D eigenvalue weighted by atomic mass is 9.97. The third-order valence-electron chi connectivity index (χ3n) is 4.75. The molecule has 0 spiro atoms. The Bertz CT molecular complexity index is 725. The van der Waals surface area contributed by atoms with Gasteiger partial charge in [0.2, 0.25) is 15.9 Å². The van der Waals surface area contributed by atoms with Gasteiger partial charge in [-0.05, 0) is 37.8 Å². The van der Waals surface area contributed by atoms with Gasteiger partial charge in [0.1, 0.15) is 4.90 Å². The van der Waals surface area contributed by atoms with Crippen molar-refractivity contribution in [3.8, 4) is 0 Å². The topological polar surface area (TPSA) is 57.7 Å². The lowest BCUT2D eigenvalue weighted by molar-refractivity contribution is -0.135. The SMILES string of the molecule is O=C(C1CCN(S(=O)(=O)c2cccc(Cl)c2Cl)CC1)N1CCCC1. The summed E-state index contributed by atoms with van der Waals surface area (Å²) >= 11 is 12.0. The van der Waals surface area contributed by atoms with E-state index in [-0.39, 0.29) is 26.8 Å². The highest BCUT2D eigenvalue weighted by molar-refractivity contribution is 7.89. The molecule has 0 unspecified atom stereocenters. The van der Waals surface area contributed by atoms with Crippen molar-refractivity contribution < 1.29 is 13.2 Å². The van der Waals surface area contributed by atoms with E-state index in [9.17, 15) is 13.2 Å². The Labute approximate surface area is 152 Å². The Kier molecular flexibility index (Phi) is 5.39. The van der Waals surface area contributed by atoms with Crippen LogP contribution in [0, 0.1) is 5.92 Å². The van der Waals surface area contributed by atoms with Gasteiger partial charge < -0.3 is 4.90 Å². The highest BCUT2D eigenvalue weighted by atomic mass is 35.5. The fraction of sp³-hybridized carbons (Fsp3) is 0.562. The smallest absolute Gasteiger partial charge is 0.244 e. The molecule has 1 amide bonds. The number of nitrogens with zero attached hydrogens (tertiary/aromatic N) is 2. The molecule has 0 radical (unpaired) electrons. The molecular formula is C16H20Cl2N2O3S. The van der Waals surface area contributed by atoms with Gasteiger partial charge in [-0.25, -0.2) is 8.42 Å². The van der Waals surface area contributed by atoms with Crippen LogP contribution in [-0.4, -0.2) is 49.7 Å². The molecule has 2 saturated heterocycles. The first-order valence-corrected chi connectivity index (χ1v) is 10.3. The average Bonchev–Trinajstić information content (AvgIpc) is 3.11. The lowest BCUT2D eigenvalue weighted by Gasteiger charge is -2.32. The molecule has 2 fully saturated rings. The summed E-state index contributed by atoms with van der Waals surface area (Å²) in [5.41, 5.74) is 0. The third kappa shape index (κ3) is 3.43. The van der Waals surface area contributed by atoms with Crippen LogP contribution >= 0.6 is 23.2 Å². The summed E-state index contributed by atoms with van der Waals surface area (Å²) in [6.45, 7) is 2.32. The van der Waals surface area contributed by atoms with Gasteiger partial charge >= 0.3 is 0 Å². The number of sulfonamides is 1. The molecule has 2 heterocycles. The third-order valence-corrected chi connectivity index (χ3v) is 7.63. The number of benzene rings is 1. The van der Waals surface area contributed by atoms with Gasteiger partial charge in [-0.2, -0.15) is 4.31 Å². The summed E-state index contributed by atoms with van der Waals surface area (Å²) in [5, 5.41) is 0.270. The standard InChI is InChI=1S/C16H20Cl2N2O3S/c17-13-4-3-5-14(15(13)18)24(22,23)20-10-6-12(7-11-20)16(21)19-8-1-2-9-19/h3-5,12H,1-2,6-11H2. The van der Waals surface area contributed by atoms with E-state index in [4.69, 9.17) is 23.2 Å². The van der Waals surface area contributed by atoms with Crippen molar-refractivity contribution in [1.82, 2.24) is 9.21 Å². The zero-order chi connectivity index (χ0) is 17.3. The molecule has 2 aliphatic rings. The van der Waals surface area contributed by atoms with Crippen LogP contribution in [-0.2, 0) is 14.8 Å². The second-order valence-electron chi connectivity index (χ2n) is 6.26. The molecule has 0 saturated carbocycles. The van der Waals surface area contributed by atoms with Crippen molar-refractivity contribution >= 4 is 39.1 Å². The molecule has 8 heteroatoms. The highest BCUT2D eigenvalue weighted by Gasteiger charge is 2.35. The Morgan fingerprint density at radius 3 is 2.29 bits per heavy atom. The Morgan fingerprint density at radius 2 is 1.67 bits per heavy atom. The Hall–Kier alpha value is -0.820. The maximum Gasteiger partial charge on any atom is 0.244 e. The Morgan fingerprint density at radius 1 is 1.04 bits per heavy atom. The normalized spacial score (nSPS) is 20.5. The molecule has 24 heavy (non-hydrogen) atoms. The Balaban J connectivity index is 1.69. The molecule has 5 nitrogen and oxygen atoms in total. The number of piperidine rings is 1. The number of hydrogen-bond acceptors (Lipinski definition) is 3. The zero-order valence-electron chi connectivity index (χ0n) is 13.2. The fourth-order valence-electron chi connectivity index (χ4n) is 3.36. The number of rotatable bonds is 3. The van der Waals surface area contributed by atoms with Crippen molar-refractivity contribution in [3.63, 3.8) is 0 Å². The van der Waals surface area contributed by atoms with Crippen LogP contribution in [0.1, 0.15) is 25.7 Å². The number of likely N-dealkylation sites (tertiary alicyclic amines) is 1. The monoisotopic (exact) mass is 390 g/mol. The second-order valence-corrected chi connectivity index (χ2v) is 8.95. The first kappa shape index (κ1) is 18.0. The van der Waals surface area contributed by atoms with Gasteiger partial charge in [-0.1, -0.05) is 29.3 Å². The van der Waals surface area contributed by atoms with E-state index in [1.807, 2.05) is 4.90 Å². The van der Waals surface area contributed by atoms with Crippen molar-refractivity contribution in [2.45, 2.75) is 30.6 Å². The van der Waals surface area contributed by atoms with Crippen molar-refractivity contribution in [1.29, 1.82) is 0 Å². The molecule has 0 aromatic heterocycles. The molecule has 1 aromatic carbocycles. The predicted octanol–water partition coefficient (Wildman–Crippen LogP) is 3.02. The minimum absolute atomic E-state index is 0.0287. The van der Waals surface area contributed by atoms with Gasteiger partial charge in [-0.15, -0.1) is 0 Å². The van der Waals surface area contributed by atoms with Crippen molar-refractivity contribution in [2.24, 2.45) is 5.92 Å². The number of amides is 1. The first-order chi connectivity index (χ1) is 11.4. The second kappa shape index (κ2) is 7.20. The summed E-state index contributed by atoms with van der Waals surface area (Å²) in [6.07, 6.45) is 3.22. The summed E-state index contributed by atoms with van der Waals surface area (Å²) in [5.74, 6) is 0.0923. The zero-order valence-corrected chi connectivity index (χ0v) is 15.6. The molecule has 0 atom stereocenters. The summed E-state index contributed by atoms with van der Waals surface area (Å²) < 4.78 is 27.0. The maximum atomic E-state index is 12.8. The molecule has 0 aliphatic carbocycles. The van der Waals surface area contributed by atoms with Gasteiger partial charge in [0, 0.05) is 32.1 Å². The number of hydrogen-bond donors (Lipinski definition) is 0. The molecule has 132 valence electrons. The van der Waals surface area contributed by atoms with E-state index in [0.717, 1.165) is 25.9 Å². The minimum atomic E-state index is -3.69. The van der Waals surface area contributed by atoms with E-state index in [1.54, 1.807) is 12.1 Å². The van der Waals surface area contributed by atoms with Crippen molar-refractivity contribution in [2.75, 3.05) is 26.2 Å². The van der Waals surface area contributed by atoms with Crippen LogP contribution in [0.5, 0.6) is 0 Å². The summed E-state index contributed by atoms with van der Waals surface area (Å²) in [4.78, 5) is 14.4. The quantitative estimate of drug-likeness (QED) is 0.796. The van der Waals surface area contributed by atoms with Crippen LogP contribution in [0.25, 0.3) is 0 Å². The number of carbonyl (C=O) groups is 1. The molecular weight excluding hydrogens is 371 g/mol. The minimum Gasteiger partial charge on any atom is -0.342 e. The number of halogens is 2. The van der Waals surface area contributed by atoms with Crippen LogP contribution in [0.3, 0.4) is 0 Å². The molecule has 0 bridgehead atoms. The van der Waals surface area contributed by atoms with Crippen LogP contribution in [0.2, 0.25) is 10.0 Å². The van der Waals surface area contributed by atoms with E-state index >= 15 is 0 Å². The molecule has 3 rings (SSSR count). The van der Waals surface area contributed by atoms with E-state index in [0.29, 0.717) is 25.9 Å². The molecule has 2 aliphatic heterocycles. The summed E-state index contributed by atoms with van der Waals surface area (Å²) in [6, 6.07) is 4.60. The molecule has 1 aromatic rings. The average molecular weight is 391 g/mol. The maximum absolute atomic E-state index is 12.8.